The standard InChI is InChI=1S/C14H24N4O/c15-16-14(19)13-11-9-7-5-3-1-2-4-6-8-10-12(11)17-18-13/h1-10,15H2,(H,16,19)(H,17,18). The number of hydrogen-bond acceptors (Lipinski definition) is 3. The van der Waals surface area contributed by atoms with Crippen molar-refractivity contribution in [2.24, 2.45) is 5.84 Å². The Morgan fingerprint density at radius 3 is 2.21 bits per heavy atom. The molecule has 1 aromatic heterocycles. The van der Waals surface area contributed by atoms with Gasteiger partial charge in [0.25, 0.3) is 5.91 Å². The summed E-state index contributed by atoms with van der Waals surface area (Å²) < 4.78 is 0. The Hall–Kier alpha value is -1.36. The fourth-order valence-corrected chi connectivity index (χ4v) is 2.80. The van der Waals surface area contributed by atoms with E-state index in [4.69, 9.17) is 5.84 Å². The van der Waals surface area contributed by atoms with Gasteiger partial charge in [0.05, 0.1) is 0 Å². The Kier molecular flexibility index (Phi) is 5.39. The maximum absolute atomic E-state index is 11.7. The van der Waals surface area contributed by atoms with Gasteiger partial charge in [0.2, 0.25) is 0 Å². The summed E-state index contributed by atoms with van der Waals surface area (Å²) in [4.78, 5) is 11.7. The van der Waals surface area contributed by atoms with E-state index in [1.165, 1.54) is 44.9 Å². The van der Waals surface area contributed by atoms with Gasteiger partial charge in [0.1, 0.15) is 0 Å². The molecule has 106 valence electrons. The molecule has 5 nitrogen and oxygen atoms in total. The molecule has 0 saturated carbocycles. The van der Waals surface area contributed by atoms with Crippen LogP contribution in [0.5, 0.6) is 0 Å². The first kappa shape index (κ1) is 14.1. The number of aryl methyl sites for hydroxylation is 1. The lowest BCUT2D eigenvalue weighted by Gasteiger charge is -2.08. The predicted molar refractivity (Wildman–Crippen MR) is 74.6 cm³/mol. The number of aromatic nitrogens is 2. The highest BCUT2D eigenvalue weighted by Crippen LogP contribution is 2.20. The third-order valence-electron chi connectivity index (χ3n) is 3.90. The van der Waals surface area contributed by atoms with E-state index in [1.807, 2.05) is 0 Å². The topological polar surface area (TPSA) is 83.8 Å². The molecule has 5 heteroatoms. The quantitative estimate of drug-likeness (QED) is 0.413. The van der Waals surface area contributed by atoms with Crippen molar-refractivity contribution in [2.45, 2.75) is 64.2 Å². The number of carbonyl (C=O) groups excluding carboxylic acids is 1. The average Bonchev–Trinajstić information content (AvgIpc) is 2.81. The molecule has 0 aromatic carbocycles. The van der Waals surface area contributed by atoms with Gasteiger partial charge >= 0.3 is 0 Å². The number of H-pyrrole nitrogens is 1. The summed E-state index contributed by atoms with van der Waals surface area (Å²) in [5.74, 6) is 4.93. The second kappa shape index (κ2) is 7.28. The molecular weight excluding hydrogens is 240 g/mol. The maximum atomic E-state index is 11.7. The molecule has 1 aliphatic carbocycles. The molecule has 2 rings (SSSR count). The summed E-state index contributed by atoms with van der Waals surface area (Å²) in [6.07, 6.45) is 12.0. The van der Waals surface area contributed by atoms with Crippen LogP contribution in [0.25, 0.3) is 0 Å². The average molecular weight is 264 g/mol. The van der Waals surface area contributed by atoms with E-state index in [0.717, 1.165) is 30.5 Å². The van der Waals surface area contributed by atoms with E-state index >= 15 is 0 Å². The minimum absolute atomic E-state index is 0.287. The molecule has 1 amide bonds. The molecule has 1 aliphatic rings. The Balaban J connectivity index is 2.12. The summed E-state index contributed by atoms with van der Waals surface area (Å²) in [5.41, 5.74) is 4.86. The SMILES string of the molecule is NNC(=O)c1n[nH]c2c1CCCCCCCCCC2. The van der Waals surface area contributed by atoms with Gasteiger partial charge in [-0.1, -0.05) is 38.5 Å². The molecule has 0 spiro atoms. The fourth-order valence-electron chi connectivity index (χ4n) is 2.80. The van der Waals surface area contributed by atoms with Gasteiger partial charge in [-0.2, -0.15) is 5.10 Å². The van der Waals surface area contributed by atoms with Crippen LogP contribution in [0.4, 0.5) is 0 Å². The Morgan fingerprint density at radius 2 is 1.58 bits per heavy atom. The molecule has 0 aliphatic heterocycles. The van der Waals surface area contributed by atoms with Gasteiger partial charge in [0.15, 0.2) is 5.69 Å². The lowest BCUT2D eigenvalue weighted by Crippen LogP contribution is -2.31. The van der Waals surface area contributed by atoms with Crippen molar-refractivity contribution in [1.82, 2.24) is 15.6 Å². The van der Waals surface area contributed by atoms with E-state index in [-0.39, 0.29) is 5.91 Å². The molecule has 4 N–H and O–H groups in total. The molecule has 0 bridgehead atoms. The van der Waals surface area contributed by atoms with E-state index in [2.05, 4.69) is 15.6 Å². The zero-order chi connectivity index (χ0) is 13.5. The molecule has 0 atom stereocenters. The molecule has 0 fully saturated rings. The van der Waals surface area contributed by atoms with Crippen LogP contribution in [0.1, 0.15) is 73.1 Å². The maximum Gasteiger partial charge on any atom is 0.285 e. The third-order valence-corrected chi connectivity index (χ3v) is 3.90. The van der Waals surface area contributed by atoms with Crippen LogP contribution >= 0.6 is 0 Å². The first-order valence-corrected chi connectivity index (χ1v) is 7.40. The van der Waals surface area contributed by atoms with Crippen LogP contribution in [0.3, 0.4) is 0 Å². The highest BCUT2D eigenvalue weighted by Gasteiger charge is 2.18. The lowest BCUT2D eigenvalue weighted by atomic mass is 9.98. The highest BCUT2D eigenvalue weighted by molar-refractivity contribution is 5.93. The number of nitrogens with one attached hydrogen (secondary N) is 2. The Bertz CT molecular complexity index is 414. The highest BCUT2D eigenvalue weighted by atomic mass is 16.2. The molecule has 0 unspecified atom stereocenters. The fraction of sp³-hybridized carbons (Fsp3) is 0.714. The summed E-state index contributed by atoms with van der Waals surface area (Å²) in [6.45, 7) is 0. The van der Waals surface area contributed by atoms with Gasteiger partial charge in [0, 0.05) is 11.3 Å². The number of hydrazine groups is 1. The zero-order valence-electron chi connectivity index (χ0n) is 11.5. The number of nitrogens with zero attached hydrogens (tertiary/aromatic N) is 1. The smallest absolute Gasteiger partial charge is 0.285 e. The molecule has 0 radical (unpaired) electrons. The largest absolute Gasteiger partial charge is 0.289 e. The van der Waals surface area contributed by atoms with E-state index in [1.54, 1.807) is 0 Å². The van der Waals surface area contributed by atoms with Crippen LogP contribution in [0.2, 0.25) is 0 Å². The first-order chi connectivity index (χ1) is 9.33. The van der Waals surface area contributed by atoms with Crippen molar-refractivity contribution in [3.63, 3.8) is 0 Å². The van der Waals surface area contributed by atoms with Gasteiger partial charge < -0.3 is 0 Å². The number of hydrogen-bond donors (Lipinski definition) is 3. The summed E-state index contributed by atoms with van der Waals surface area (Å²) in [6, 6.07) is 0. The van der Waals surface area contributed by atoms with E-state index in [9.17, 15) is 4.79 Å². The van der Waals surface area contributed by atoms with Crippen molar-refractivity contribution in [1.29, 1.82) is 0 Å². The van der Waals surface area contributed by atoms with Crippen LogP contribution in [0, 0.1) is 0 Å². The molecule has 1 aromatic rings. The number of rotatable bonds is 1. The number of fused-ring (bicyclic) bond motifs is 1. The second-order valence-corrected chi connectivity index (χ2v) is 5.33. The van der Waals surface area contributed by atoms with Crippen LogP contribution in [-0.2, 0) is 12.8 Å². The predicted octanol–water partition coefficient (Wildman–Crippen LogP) is 2.23. The van der Waals surface area contributed by atoms with Crippen molar-refractivity contribution in [3.05, 3.63) is 17.0 Å². The normalized spacial score (nSPS) is 17.9. The van der Waals surface area contributed by atoms with E-state index < -0.39 is 0 Å². The van der Waals surface area contributed by atoms with Crippen LogP contribution in [-0.4, -0.2) is 16.1 Å². The number of aromatic amines is 1. The summed E-state index contributed by atoms with van der Waals surface area (Å²) in [7, 11) is 0. The monoisotopic (exact) mass is 264 g/mol. The van der Waals surface area contributed by atoms with Gasteiger partial charge in [-0.25, -0.2) is 5.84 Å². The molecule has 1 heterocycles. The summed E-state index contributed by atoms with van der Waals surface area (Å²) >= 11 is 0. The minimum Gasteiger partial charge on any atom is -0.289 e. The first-order valence-electron chi connectivity index (χ1n) is 7.40. The third kappa shape index (κ3) is 3.80. The minimum atomic E-state index is -0.287. The lowest BCUT2D eigenvalue weighted by molar-refractivity contribution is 0.0947. The number of carbonyl (C=O) groups is 1. The van der Waals surface area contributed by atoms with Crippen molar-refractivity contribution >= 4 is 5.91 Å². The Labute approximate surface area is 114 Å². The molecule has 19 heavy (non-hydrogen) atoms. The van der Waals surface area contributed by atoms with Crippen molar-refractivity contribution in [3.8, 4) is 0 Å². The van der Waals surface area contributed by atoms with Gasteiger partial charge in [-0.05, 0) is 25.7 Å². The van der Waals surface area contributed by atoms with Gasteiger partial charge in [-0.3, -0.25) is 15.3 Å². The van der Waals surface area contributed by atoms with Crippen LogP contribution in [0.15, 0.2) is 0 Å². The van der Waals surface area contributed by atoms with Gasteiger partial charge in [-0.15, -0.1) is 0 Å². The van der Waals surface area contributed by atoms with Crippen LogP contribution < -0.4 is 11.3 Å². The molecular formula is C14H24N4O. The second-order valence-electron chi connectivity index (χ2n) is 5.33. The number of nitrogens with two attached hydrogens (primary N) is 1. The van der Waals surface area contributed by atoms with E-state index in [0.29, 0.717) is 5.69 Å². The zero-order valence-corrected chi connectivity index (χ0v) is 11.5. The number of amides is 1. The van der Waals surface area contributed by atoms with Crippen molar-refractivity contribution in [2.75, 3.05) is 0 Å². The molecule has 0 saturated heterocycles. The van der Waals surface area contributed by atoms with Crippen molar-refractivity contribution < 1.29 is 4.79 Å². The Morgan fingerprint density at radius 1 is 1.00 bits per heavy atom. The number of nitrogen functional groups attached to an aromatic ring is 1. The summed E-state index contributed by atoms with van der Waals surface area (Å²) in [5, 5.41) is 7.17.